The molecule has 21 heavy (non-hydrogen) atoms. The maximum Gasteiger partial charge on any atom is 0.253 e. The Morgan fingerprint density at radius 2 is 1.86 bits per heavy atom. The van der Waals surface area contributed by atoms with Crippen molar-refractivity contribution in [2.45, 2.75) is 33.2 Å². The first-order valence-electron chi connectivity index (χ1n) is 7.17. The molecule has 1 unspecified atom stereocenters. The second-order valence-electron chi connectivity index (χ2n) is 5.27. The molecule has 0 radical (unpaired) electrons. The first-order valence-corrected chi connectivity index (χ1v) is 7.55. The van der Waals surface area contributed by atoms with Gasteiger partial charge < -0.3 is 5.32 Å². The van der Waals surface area contributed by atoms with Crippen molar-refractivity contribution in [2.24, 2.45) is 0 Å². The minimum atomic E-state index is -0.146. The van der Waals surface area contributed by atoms with Gasteiger partial charge in [-0.2, -0.15) is 0 Å². The lowest BCUT2D eigenvalue weighted by Crippen LogP contribution is -2.26. The van der Waals surface area contributed by atoms with Crippen LogP contribution in [0, 0.1) is 6.92 Å². The molecule has 2 aromatic carbocycles. The van der Waals surface area contributed by atoms with E-state index in [1.54, 1.807) is 12.1 Å². The number of hydrogen-bond acceptors (Lipinski definition) is 1. The van der Waals surface area contributed by atoms with E-state index in [0.29, 0.717) is 10.6 Å². The maximum absolute atomic E-state index is 12.3. The summed E-state index contributed by atoms with van der Waals surface area (Å²) < 4.78 is 0. The largest absolute Gasteiger partial charge is 0.345 e. The van der Waals surface area contributed by atoms with Crippen molar-refractivity contribution < 1.29 is 4.79 Å². The van der Waals surface area contributed by atoms with Crippen LogP contribution in [0.2, 0.25) is 5.02 Å². The first-order chi connectivity index (χ1) is 10.0. The highest BCUT2D eigenvalue weighted by Crippen LogP contribution is 2.19. The van der Waals surface area contributed by atoms with Gasteiger partial charge in [0.25, 0.3) is 5.91 Å². The zero-order valence-electron chi connectivity index (χ0n) is 12.6. The van der Waals surface area contributed by atoms with Crippen molar-refractivity contribution >= 4 is 17.5 Å². The SMILES string of the molecule is CCc1ccc(C(C)NC(=O)c2ccc(C)cc2Cl)cc1. The standard InChI is InChI=1S/C18H20ClNO/c1-4-14-6-8-15(9-7-14)13(3)20-18(21)16-10-5-12(2)11-17(16)19/h5-11,13H,4H2,1-3H3,(H,20,21). The van der Waals surface area contributed by atoms with Gasteiger partial charge in [-0.15, -0.1) is 0 Å². The van der Waals surface area contributed by atoms with Crippen LogP contribution in [0.5, 0.6) is 0 Å². The summed E-state index contributed by atoms with van der Waals surface area (Å²) in [5.41, 5.74) is 3.93. The van der Waals surface area contributed by atoms with Gasteiger partial charge in [0.05, 0.1) is 16.6 Å². The molecule has 1 atom stereocenters. The number of aryl methyl sites for hydroxylation is 2. The summed E-state index contributed by atoms with van der Waals surface area (Å²) in [6, 6.07) is 13.7. The fourth-order valence-corrected chi connectivity index (χ4v) is 2.52. The summed E-state index contributed by atoms with van der Waals surface area (Å²) >= 11 is 6.13. The van der Waals surface area contributed by atoms with Crippen molar-refractivity contribution in [3.8, 4) is 0 Å². The highest BCUT2D eigenvalue weighted by molar-refractivity contribution is 6.33. The van der Waals surface area contributed by atoms with E-state index in [-0.39, 0.29) is 11.9 Å². The summed E-state index contributed by atoms with van der Waals surface area (Å²) in [6.07, 6.45) is 1.01. The van der Waals surface area contributed by atoms with E-state index < -0.39 is 0 Å². The van der Waals surface area contributed by atoms with Gasteiger partial charge in [-0.25, -0.2) is 0 Å². The van der Waals surface area contributed by atoms with E-state index in [1.165, 1.54) is 5.56 Å². The Bertz CT molecular complexity index is 634. The topological polar surface area (TPSA) is 29.1 Å². The molecule has 0 heterocycles. The molecule has 2 nitrogen and oxygen atoms in total. The number of benzene rings is 2. The van der Waals surface area contributed by atoms with Crippen molar-refractivity contribution in [3.63, 3.8) is 0 Å². The molecular formula is C18H20ClNO. The van der Waals surface area contributed by atoms with Crippen LogP contribution in [0.4, 0.5) is 0 Å². The molecule has 0 aliphatic rings. The number of carbonyl (C=O) groups excluding carboxylic acids is 1. The average Bonchev–Trinajstić information content (AvgIpc) is 2.47. The zero-order valence-corrected chi connectivity index (χ0v) is 13.4. The minimum absolute atomic E-state index is 0.0548. The number of hydrogen-bond donors (Lipinski definition) is 1. The second-order valence-corrected chi connectivity index (χ2v) is 5.68. The van der Waals surface area contributed by atoms with Crippen molar-refractivity contribution in [1.29, 1.82) is 0 Å². The predicted octanol–water partition coefficient (Wildman–Crippen LogP) is 4.70. The lowest BCUT2D eigenvalue weighted by atomic mass is 10.0. The number of carbonyl (C=O) groups is 1. The summed E-state index contributed by atoms with van der Waals surface area (Å²) in [5, 5.41) is 3.47. The van der Waals surface area contributed by atoms with E-state index in [1.807, 2.05) is 19.9 Å². The fraction of sp³-hybridized carbons (Fsp3) is 0.278. The third kappa shape index (κ3) is 3.85. The smallest absolute Gasteiger partial charge is 0.253 e. The van der Waals surface area contributed by atoms with Gasteiger partial charge in [-0.05, 0) is 49.1 Å². The van der Waals surface area contributed by atoms with Crippen LogP contribution in [0.25, 0.3) is 0 Å². The molecule has 0 aliphatic carbocycles. The number of halogens is 1. The molecule has 0 fully saturated rings. The van der Waals surface area contributed by atoms with Gasteiger partial charge in [0.2, 0.25) is 0 Å². The van der Waals surface area contributed by atoms with Gasteiger partial charge in [0, 0.05) is 0 Å². The van der Waals surface area contributed by atoms with E-state index in [2.05, 4.69) is 36.5 Å². The minimum Gasteiger partial charge on any atom is -0.345 e. The summed E-state index contributed by atoms with van der Waals surface area (Å²) in [4.78, 5) is 12.3. The van der Waals surface area contributed by atoms with Crippen molar-refractivity contribution in [3.05, 3.63) is 69.7 Å². The van der Waals surface area contributed by atoms with Gasteiger partial charge in [-0.1, -0.05) is 48.9 Å². The van der Waals surface area contributed by atoms with Crippen molar-refractivity contribution in [2.75, 3.05) is 0 Å². The highest BCUT2D eigenvalue weighted by atomic mass is 35.5. The van der Waals surface area contributed by atoms with Crippen LogP contribution >= 0.6 is 11.6 Å². The maximum atomic E-state index is 12.3. The van der Waals surface area contributed by atoms with Gasteiger partial charge in [0.15, 0.2) is 0 Å². The van der Waals surface area contributed by atoms with Crippen LogP contribution < -0.4 is 5.32 Å². The first kappa shape index (κ1) is 15.6. The lowest BCUT2D eigenvalue weighted by Gasteiger charge is -2.15. The Morgan fingerprint density at radius 3 is 2.43 bits per heavy atom. The van der Waals surface area contributed by atoms with Crippen LogP contribution in [-0.4, -0.2) is 5.91 Å². The summed E-state index contributed by atoms with van der Waals surface area (Å²) in [5.74, 6) is -0.146. The van der Waals surface area contributed by atoms with Crippen molar-refractivity contribution in [1.82, 2.24) is 5.32 Å². The molecule has 0 spiro atoms. The molecule has 0 aliphatic heterocycles. The zero-order chi connectivity index (χ0) is 15.4. The number of rotatable bonds is 4. The monoisotopic (exact) mass is 301 g/mol. The summed E-state index contributed by atoms with van der Waals surface area (Å²) in [7, 11) is 0. The van der Waals surface area contributed by atoms with Crippen LogP contribution in [0.15, 0.2) is 42.5 Å². The van der Waals surface area contributed by atoms with E-state index in [4.69, 9.17) is 11.6 Å². The third-order valence-electron chi connectivity index (χ3n) is 3.60. The molecule has 0 saturated heterocycles. The Labute approximate surface area is 131 Å². The molecule has 2 rings (SSSR count). The number of amides is 1. The molecule has 0 bridgehead atoms. The Hall–Kier alpha value is -1.80. The fourth-order valence-electron chi connectivity index (χ4n) is 2.20. The van der Waals surface area contributed by atoms with Crippen LogP contribution in [-0.2, 0) is 6.42 Å². The molecular weight excluding hydrogens is 282 g/mol. The second kappa shape index (κ2) is 6.77. The van der Waals surface area contributed by atoms with E-state index in [9.17, 15) is 4.79 Å². The third-order valence-corrected chi connectivity index (χ3v) is 3.92. The Balaban J connectivity index is 2.10. The van der Waals surface area contributed by atoms with Gasteiger partial charge >= 0.3 is 0 Å². The molecule has 3 heteroatoms. The molecule has 2 aromatic rings. The predicted molar refractivity (Wildman–Crippen MR) is 87.9 cm³/mol. The van der Waals surface area contributed by atoms with Gasteiger partial charge in [-0.3, -0.25) is 4.79 Å². The van der Waals surface area contributed by atoms with E-state index in [0.717, 1.165) is 17.5 Å². The van der Waals surface area contributed by atoms with Gasteiger partial charge in [0.1, 0.15) is 0 Å². The summed E-state index contributed by atoms with van der Waals surface area (Å²) in [6.45, 7) is 6.05. The molecule has 0 aromatic heterocycles. The number of nitrogens with one attached hydrogen (secondary N) is 1. The van der Waals surface area contributed by atoms with Crippen LogP contribution in [0.3, 0.4) is 0 Å². The molecule has 1 amide bonds. The quantitative estimate of drug-likeness (QED) is 0.871. The Morgan fingerprint density at radius 1 is 1.19 bits per heavy atom. The molecule has 1 N–H and O–H groups in total. The average molecular weight is 302 g/mol. The molecule has 110 valence electrons. The molecule has 0 saturated carbocycles. The normalized spacial score (nSPS) is 12.0. The van der Waals surface area contributed by atoms with Crippen LogP contribution in [0.1, 0.15) is 46.9 Å². The Kier molecular flexibility index (Phi) is 5.03. The highest BCUT2D eigenvalue weighted by Gasteiger charge is 2.14. The lowest BCUT2D eigenvalue weighted by molar-refractivity contribution is 0.0940. The van der Waals surface area contributed by atoms with E-state index >= 15 is 0 Å².